The third-order valence-corrected chi connectivity index (χ3v) is 4.54. The standard InChI is InChI=1S/C9H16O4S/c1-14(12,13)8-2-3-9(11)7(6-8)4-5-10/h5,7-9,11H,2-4,6H2,1H3/t7?,8-,9-/m0/s1. The van der Waals surface area contributed by atoms with Gasteiger partial charge in [0.15, 0.2) is 0 Å². The molecule has 0 aromatic rings. The van der Waals surface area contributed by atoms with Gasteiger partial charge in [0, 0.05) is 12.7 Å². The smallest absolute Gasteiger partial charge is 0.150 e. The van der Waals surface area contributed by atoms with E-state index in [9.17, 15) is 18.3 Å². The summed E-state index contributed by atoms with van der Waals surface area (Å²) in [6.07, 6.45) is 3.11. The highest BCUT2D eigenvalue weighted by Gasteiger charge is 2.33. The van der Waals surface area contributed by atoms with Crippen LogP contribution in [0, 0.1) is 5.92 Å². The fraction of sp³-hybridized carbons (Fsp3) is 0.889. The average Bonchev–Trinajstić information content (AvgIpc) is 2.07. The number of carbonyl (C=O) groups excluding carboxylic acids is 1. The Balaban J connectivity index is 2.66. The molecule has 0 bridgehead atoms. The normalized spacial score (nSPS) is 34.0. The predicted octanol–water partition coefficient (Wildman–Crippen LogP) is 0.150. The van der Waals surface area contributed by atoms with Crippen molar-refractivity contribution in [3.63, 3.8) is 0 Å². The molecule has 5 heteroatoms. The molecule has 14 heavy (non-hydrogen) atoms. The Labute approximate surface area is 84.2 Å². The third-order valence-electron chi connectivity index (χ3n) is 2.90. The van der Waals surface area contributed by atoms with Gasteiger partial charge in [-0.05, 0) is 25.2 Å². The predicted molar refractivity (Wildman–Crippen MR) is 52.7 cm³/mol. The molecule has 0 heterocycles. The van der Waals surface area contributed by atoms with Crippen LogP contribution in [0.25, 0.3) is 0 Å². The summed E-state index contributed by atoms with van der Waals surface area (Å²) in [6, 6.07) is 0. The van der Waals surface area contributed by atoms with Gasteiger partial charge in [-0.2, -0.15) is 0 Å². The van der Waals surface area contributed by atoms with Gasteiger partial charge in [-0.15, -0.1) is 0 Å². The highest BCUT2D eigenvalue weighted by Crippen LogP contribution is 2.30. The molecule has 0 radical (unpaired) electrons. The van der Waals surface area contributed by atoms with E-state index >= 15 is 0 Å². The first kappa shape index (κ1) is 11.7. The molecule has 82 valence electrons. The number of carbonyl (C=O) groups is 1. The molecule has 4 nitrogen and oxygen atoms in total. The lowest BCUT2D eigenvalue weighted by Crippen LogP contribution is -2.35. The van der Waals surface area contributed by atoms with Crippen molar-refractivity contribution in [2.75, 3.05) is 6.26 Å². The van der Waals surface area contributed by atoms with E-state index in [1.54, 1.807) is 0 Å². The zero-order valence-corrected chi connectivity index (χ0v) is 9.03. The second-order valence-electron chi connectivity index (χ2n) is 3.99. The van der Waals surface area contributed by atoms with Crippen molar-refractivity contribution in [2.24, 2.45) is 5.92 Å². The van der Waals surface area contributed by atoms with E-state index in [0.717, 1.165) is 6.29 Å². The molecule has 1 N–H and O–H groups in total. The molecular formula is C9H16O4S. The van der Waals surface area contributed by atoms with Crippen molar-refractivity contribution < 1.29 is 18.3 Å². The van der Waals surface area contributed by atoms with Crippen LogP contribution in [-0.2, 0) is 14.6 Å². The molecule has 1 unspecified atom stereocenters. The van der Waals surface area contributed by atoms with Crippen LogP contribution in [0.3, 0.4) is 0 Å². The summed E-state index contributed by atoms with van der Waals surface area (Å²) in [7, 11) is -3.03. The van der Waals surface area contributed by atoms with Crippen molar-refractivity contribution in [1.82, 2.24) is 0 Å². The summed E-state index contributed by atoms with van der Waals surface area (Å²) in [4.78, 5) is 10.3. The van der Waals surface area contributed by atoms with Gasteiger partial charge >= 0.3 is 0 Å². The maximum absolute atomic E-state index is 11.3. The van der Waals surface area contributed by atoms with Crippen LogP contribution in [0.15, 0.2) is 0 Å². The summed E-state index contributed by atoms with van der Waals surface area (Å²) < 4.78 is 22.5. The van der Waals surface area contributed by atoms with E-state index in [1.165, 1.54) is 6.26 Å². The topological polar surface area (TPSA) is 71.4 Å². The van der Waals surface area contributed by atoms with E-state index in [-0.39, 0.29) is 17.6 Å². The van der Waals surface area contributed by atoms with Gasteiger partial charge in [0.2, 0.25) is 0 Å². The van der Waals surface area contributed by atoms with E-state index in [2.05, 4.69) is 0 Å². The van der Waals surface area contributed by atoms with Gasteiger partial charge in [-0.25, -0.2) is 8.42 Å². The maximum atomic E-state index is 11.3. The van der Waals surface area contributed by atoms with Crippen molar-refractivity contribution >= 4 is 16.1 Å². The molecule has 0 saturated heterocycles. The van der Waals surface area contributed by atoms with E-state index in [1.807, 2.05) is 0 Å². The summed E-state index contributed by atoms with van der Waals surface area (Å²) >= 11 is 0. The Bertz CT molecular complexity index is 296. The molecule has 3 atom stereocenters. The highest BCUT2D eigenvalue weighted by atomic mass is 32.2. The minimum absolute atomic E-state index is 0.180. The number of aldehydes is 1. The molecule has 1 fully saturated rings. The van der Waals surface area contributed by atoms with Gasteiger partial charge in [0.05, 0.1) is 11.4 Å². The zero-order valence-electron chi connectivity index (χ0n) is 8.22. The van der Waals surface area contributed by atoms with E-state index in [4.69, 9.17) is 0 Å². The number of rotatable bonds is 3. The Hall–Kier alpha value is -0.420. The monoisotopic (exact) mass is 220 g/mol. The lowest BCUT2D eigenvalue weighted by Gasteiger charge is -2.31. The Morgan fingerprint density at radius 2 is 2.07 bits per heavy atom. The van der Waals surface area contributed by atoms with Crippen molar-refractivity contribution in [3.05, 3.63) is 0 Å². The Morgan fingerprint density at radius 1 is 1.43 bits per heavy atom. The van der Waals surface area contributed by atoms with Crippen LogP contribution in [0.4, 0.5) is 0 Å². The first-order valence-corrected chi connectivity index (χ1v) is 6.71. The average molecular weight is 220 g/mol. The minimum Gasteiger partial charge on any atom is -0.393 e. The van der Waals surface area contributed by atoms with Crippen molar-refractivity contribution in [2.45, 2.75) is 37.0 Å². The minimum atomic E-state index is -3.03. The van der Waals surface area contributed by atoms with Gasteiger partial charge < -0.3 is 9.90 Å². The summed E-state index contributed by atoms with van der Waals surface area (Å²) in [5, 5.41) is 9.15. The second-order valence-corrected chi connectivity index (χ2v) is 6.32. The van der Waals surface area contributed by atoms with Crippen LogP contribution in [0.1, 0.15) is 25.7 Å². The first-order valence-electron chi connectivity index (χ1n) is 4.75. The van der Waals surface area contributed by atoms with Gasteiger partial charge in [-0.1, -0.05) is 0 Å². The number of aliphatic hydroxyl groups excluding tert-OH is 1. The first-order chi connectivity index (χ1) is 6.45. The van der Waals surface area contributed by atoms with Crippen LogP contribution >= 0.6 is 0 Å². The lowest BCUT2D eigenvalue weighted by atomic mass is 9.84. The molecule has 0 spiro atoms. The van der Waals surface area contributed by atoms with E-state index < -0.39 is 15.9 Å². The zero-order chi connectivity index (χ0) is 10.8. The van der Waals surface area contributed by atoms with Crippen molar-refractivity contribution in [3.8, 4) is 0 Å². The molecule has 0 aromatic carbocycles. The largest absolute Gasteiger partial charge is 0.393 e. The van der Waals surface area contributed by atoms with Crippen LogP contribution in [-0.4, -0.2) is 37.4 Å². The van der Waals surface area contributed by atoms with E-state index in [0.29, 0.717) is 19.3 Å². The summed E-state index contributed by atoms with van der Waals surface area (Å²) in [6.45, 7) is 0. The number of aliphatic hydroxyl groups is 1. The fourth-order valence-electron chi connectivity index (χ4n) is 1.97. The molecule has 1 saturated carbocycles. The number of sulfone groups is 1. The number of hydrogen-bond acceptors (Lipinski definition) is 4. The summed E-state index contributed by atoms with van der Waals surface area (Å²) in [5.74, 6) is -0.180. The van der Waals surface area contributed by atoms with Gasteiger partial charge in [0.25, 0.3) is 0 Å². The van der Waals surface area contributed by atoms with Gasteiger partial charge in [0.1, 0.15) is 16.1 Å². The second kappa shape index (κ2) is 4.40. The maximum Gasteiger partial charge on any atom is 0.150 e. The highest BCUT2D eigenvalue weighted by molar-refractivity contribution is 7.91. The number of hydrogen-bond donors (Lipinski definition) is 1. The molecule has 0 aromatic heterocycles. The van der Waals surface area contributed by atoms with Gasteiger partial charge in [-0.3, -0.25) is 0 Å². The fourth-order valence-corrected chi connectivity index (χ4v) is 3.13. The van der Waals surface area contributed by atoms with Crippen molar-refractivity contribution in [1.29, 1.82) is 0 Å². The molecule has 0 amide bonds. The SMILES string of the molecule is CS(=O)(=O)[C@H]1CC[C@H](O)C(CC=O)C1. The van der Waals surface area contributed by atoms with Crippen LogP contribution in [0.2, 0.25) is 0 Å². The Morgan fingerprint density at radius 3 is 2.57 bits per heavy atom. The Kier molecular flexibility index (Phi) is 3.66. The molecule has 1 aliphatic rings. The molecule has 0 aliphatic heterocycles. The molecule has 1 rings (SSSR count). The quantitative estimate of drug-likeness (QED) is 0.687. The van der Waals surface area contributed by atoms with Crippen LogP contribution < -0.4 is 0 Å². The molecule has 1 aliphatic carbocycles. The summed E-state index contributed by atoms with van der Waals surface area (Å²) in [5.41, 5.74) is 0. The third kappa shape index (κ3) is 2.78. The molecular weight excluding hydrogens is 204 g/mol. The van der Waals surface area contributed by atoms with Crippen LogP contribution in [0.5, 0.6) is 0 Å². The lowest BCUT2D eigenvalue weighted by molar-refractivity contribution is -0.109.